The fourth-order valence-corrected chi connectivity index (χ4v) is 4.36. The molecular formula is C23H21IN2O. The first kappa shape index (κ1) is 18.0. The van der Waals surface area contributed by atoms with E-state index in [-0.39, 0.29) is 5.91 Å². The number of aromatic nitrogens is 1. The number of halogens is 1. The summed E-state index contributed by atoms with van der Waals surface area (Å²) in [7, 11) is 0. The Hall–Kier alpha value is -2.34. The highest BCUT2D eigenvalue weighted by Crippen LogP contribution is 2.33. The minimum Gasteiger partial charge on any atom is -0.366 e. The maximum absolute atomic E-state index is 12.1. The molecule has 3 aromatic carbocycles. The van der Waals surface area contributed by atoms with Gasteiger partial charge in [0, 0.05) is 32.0 Å². The van der Waals surface area contributed by atoms with E-state index >= 15 is 0 Å². The van der Waals surface area contributed by atoms with E-state index in [1.54, 1.807) is 0 Å². The first-order valence-electron chi connectivity index (χ1n) is 9.17. The van der Waals surface area contributed by atoms with Crippen LogP contribution < -0.4 is 5.73 Å². The maximum atomic E-state index is 12.1. The van der Waals surface area contributed by atoms with Crippen LogP contribution in [0.4, 0.5) is 0 Å². The van der Waals surface area contributed by atoms with Gasteiger partial charge in [-0.1, -0.05) is 49.7 Å². The molecule has 0 unspecified atom stereocenters. The van der Waals surface area contributed by atoms with Crippen LogP contribution in [0.3, 0.4) is 0 Å². The van der Waals surface area contributed by atoms with Gasteiger partial charge in [0.2, 0.25) is 5.91 Å². The van der Waals surface area contributed by atoms with Gasteiger partial charge in [-0.25, -0.2) is 0 Å². The van der Waals surface area contributed by atoms with Gasteiger partial charge in [0.15, 0.2) is 0 Å². The second kappa shape index (κ2) is 7.35. The number of aryl methyl sites for hydroxylation is 1. The van der Waals surface area contributed by atoms with Gasteiger partial charge >= 0.3 is 0 Å². The number of primary amides is 1. The number of nitrogens with zero attached hydrogens (tertiary/aromatic N) is 1. The standard InChI is InChI=1S/C23H21IN2O/c1-2-6-15-11-12-17-21(13-15)26(14-16-7-3-4-9-19(16)24)20-10-5-8-18(22(17)20)23(25)27/h3-5,7-13H,2,6,14H2,1H3,(H2,25,27). The molecule has 0 atom stereocenters. The fraction of sp³-hybridized carbons (Fsp3) is 0.174. The molecule has 0 saturated heterocycles. The van der Waals surface area contributed by atoms with Gasteiger partial charge < -0.3 is 10.3 Å². The monoisotopic (exact) mass is 468 g/mol. The normalized spacial score (nSPS) is 11.3. The Morgan fingerprint density at radius 3 is 2.59 bits per heavy atom. The number of benzene rings is 3. The van der Waals surface area contributed by atoms with Crippen molar-refractivity contribution in [1.82, 2.24) is 4.57 Å². The molecule has 1 amide bonds. The van der Waals surface area contributed by atoms with Crippen molar-refractivity contribution in [3.8, 4) is 0 Å². The quantitative estimate of drug-likeness (QED) is 0.387. The topological polar surface area (TPSA) is 48.0 Å². The molecule has 4 aromatic rings. The molecule has 2 N–H and O–H groups in total. The number of rotatable bonds is 5. The number of nitrogens with two attached hydrogens (primary N) is 1. The van der Waals surface area contributed by atoms with Crippen molar-refractivity contribution in [3.05, 3.63) is 80.9 Å². The predicted molar refractivity (Wildman–Crippen MR) is 120 cm³/mol. The smallest absolute Gasteiger partial charge is 0.249 e. The van der Waals surface area contributed by atoms with E-state index in [0.29, 0.717) is 5.56 Å². The Morgan fingerprint density at radius 2 is 1.85 bits per heavy atom. The van der Waals surface area contributed by atoms with Gasteiger partial charge in [0.1, 0.15) is 0 Å². The van der Waals surface area contributed by atoms with Crippen molar-refractivity contribution in [1.29, 1.82) is 0 Å². The lowest BCUT2D eigenvalue weighted by Crippen LogP contribution is -2.11. The van der Waals surface area contributed by atoms with Crippen molar-refractivity contribution < 1.29 is 4.79 Å². The molecule has 0 aliphatic heterocycles. The highest BCUT2D eigenvalue weighted by atomic mass is 127. The zero-order chi connectivity index (χ0) is 19.0. The molecule has 27 heavy (non-hydrogen) atoms. The van der Waals surface area contributed by atoms with Crippen LogP contribution in [0, 0.1) is 3.57 Å². The average Bonchev–Trinajstić information content (AvgIpc) is 2.97. The molecule has 0 fully saturated rings. The highest BCUT2D eigenvalue weighted by Gasteiger charge is 2.17. The molecule has 0 bridgehead atoms. The van der Waals surface area contributed by atoms with Gasteiger partial charge in [-0.15, -0.1) is 0 Å². The van der Waals surface area contributed by atoms with E-state index in [0.717, 1.165) is 41.2 Å². The predicted octanol–water partition coefficient (Wildman–Crippen LogP) is 5.50. The van der Waals surface area contributed by atoms with Gasteiger partial charge in [0.05, 0.1) is 5.52 Å². The Labute approximate surface area is 172 Å². The Kier molecular flexibility index (Phi) is 4.91. The van der Waals surface area contributed by atoms with Crippen LogP contribution in [-0.2, 0) is 13.0 Å². The van der Waals surface area contributed by atoms with E-state index in [2.05, 4.69) is 82.6 Å². The SMILES string of the molecule is CCCc1ccc2c3c(C(N)=O)cccc3n(Cc3ccccc3I)c2c1. The zero-order valence-electron chi connectivity index (χ0n) is 15.2. The number of hydrogen-bond donors (Lipinski definition) is 1. The molecule has 4 heteroatoms. The first-order valence-corrected chi connectivity index (χ1v) is 10.2. The summed E-state index contributed by atoms with van der Waals surface area (Å²) in [6.45, 7) is 2.95. The van der Waals surface area contributed by atoms with Crippen LogP contribution in [0.2, 0.25) is 0 Å². The van der Waals surface area contributed by atoms with E-state index < -0.39 is 0 Å². The Balaban J connectivity index is 2.04. The summed E-state index contributed by atoms with van der Waals surface area (Å²) in [6, 6.07) is 20.8. The lowest BCUT2D eigenvalue weighted by Gasteiger charge is -2.10. The van der Waals surface area contributed by atoms with E-state index in [1.165, 1.54) is 14.7 Å². The van der Waals surface area contributed by atoms with Crippen LogP contribution >= 0.6 is 22.6 Å². The number of carbonyl (C=O) groups excluding carboxylic acids is 1. The summed E-state index contributed by atoms with van der Waals surface area (Å²) >= 11 is 2.38. The van der Waals surface area contributed by atoms with E-state index in [1.807, 2.05) is 12.1 Å². The molecular weight excluding hydrogens is 447 g/mol. The number of amides is 1. The molecule has 1 heterocycles. The third-order valence-electron chi connectivity index (χ3n) is 5.05. The van der Waals surface area contributed by atoms with Crippen molar-refractivity contribution >= 4 is 50.3 Å². The molecule has 1 aromatic heterocycles. The van der Waals surface area contributed by atoms with Crippen LogP contribution in [-0.4, -0.2) is 10.5 Å². The lowest BCUT2D eigenvalue weighted by molar-refractivity contribution is 0.100. The molecule has 0 spiro atoms. The second-order valence-corrected chi connectivity index (χ2v) is 8.01. The Bertz CT molecular complexity index is 1160. The fourth-order valence-electron chi connectivity index (χ4n) is 3.81. The summed E-state index contributed by atoms with van der Waals surface area (Å²) in [5.74, 6) is -0.383. The third-order valence-corrected chi connectivity index (χ3v) is 6.10. The van der Waals surface area contributed by atoms with Crippen molar-refractivity contribution in [2.24, 2.45) is 5.73 Å². The molecule has 0 saturated carbocycles. The summed E-state index contributed by atoms with van der Waals surface area (Å²) in [5, 5.41) is 2.04. The van der Waals surface area contributed by atoms with Gasteiger partial charge in [-0.2, -0.15) is 0 Å². The molecule has 4 rings (SSSR count). The minimum atomic E-state index is -0.383. The molecule has 0 aliphatic carbocycles. The summed E-state index contributed by atoms with van der Waals surface area (Å²) < 4.78 is 3.55. The van der Waals surface area contributed by atoms with Gasteiger partial charge in [-0.05, 0) is 64.4 Å². The number of hydrogen-bond acceptors (Lipinski definition) is 1. The maximum Gasteiger partial charge on any atom is 0.249 e. The van der Waals surface area contributed by atoms with Crippen LogP contribution in [0.5, 0.6) is 0 Å². The molecule has 0 aliphatic rings. The van der Waals surface area contributed by atoms with E-state index in [9.17, 15) is 4.79 Å². The van der Waals surface area contributed by atoms with Crippen LogP contribution in [0.15, 0.2) is 60.7 Å². The van der Waals surface area contributed by atoms with Crippen molar-refractivity contribution in [2.45, 2.75) is 26.3 Å². The molecule has 0 radical (unpaired) electrons. The first-order chi connectivity index (χ1) is 13.1. The summed E-state index contributed by atoms with van der Waals surface area (Å²) in [6.07, 6.45) is 2.15. The zero-order valence-corrected chi connectivity index (χ0v) is 17.4. The van der Waals surface area contributed by atoms with Crippen molar-refractivity contribution in [2.75, 3.05) is 0 Å². The lowest BCUT2D eigenvalue weighted by atomic mass is 10.0. The number of carbonyl (C=O) groups is 1. The largest absolute Gasteiger partial charge is 0.366 e. The summed E-state index contributed by atoms with van der Waals surface area (Å²) in [5.41, 5.74) is 11.1. The van der Waals surface area contributed by atoms with Gasteiger partial charge in [-0.3, -0.25) is 4.79 Å². The second-order valence-electron chi connectivity index (χ2n) is 6.84. The average molecular weight is 468 g/mol. The van der Waals surface area contributed by atoms with E-state index in [4.69, 9.17) is 5.73 Å². The summed E-state index contributed by atoms with van der Waals surface area (Å²) in [4.78, 5) is 12.1. The van der Waals surface area contributed by atoms with Gasteiger partial charge in [0.25, 0.3) is 0 Å². The van der Waals surface area contributed by atoms with Crippen molar-refractivity contribution in [3.63, 3.8) is 0 Å². The molecule has 136 valence electrons. The Morgan fingerprint density at radius 1 is 1.04 bits per heavy atom. The van der Waals surface area contributed by atoms with Crippen LogP contribution in [0.25, 0.3) is 21.8 Å². The van der Waals surface area contributed by atoms with Crippen LogP contribution in [0.1, 0.15) is 34.8 Å². The minimum absolute atomic E-state index is 0.383. The third kappa shape index (κ3) is 3.23. The number of fused-ring (bicyclic) bond motifs is 3. The molecule has 3 nitrogen and oxygen atoms in total. The highest BCUT2D eigenvalue weighted by molar-refractivity contribution is 14.1.